The Morgan fingerprint density at radius 1 is 0.967 bits per heavy atom. The maximum Gasteiger partial charge on any atom is 0.331 e. The van der Waals surface area contributed by atoms with Crippen LogP contribution in [0.15, 0.2) is 70.3 Å². The molecule has 0 aliphatic carbocycles. The summed E-state index contributed by atoms with van der Waals surface area (Å²) in [5.41, 5.74) is 0.685. The minimum atomic E-state index is -0.604. The van der Waals surface area contributed by atoms with Crippen LogP contribution >= 0.6 is 0 Å². The van der Waals surface area contributed by atoms with Gasteiger partial charge in [-0.15, -0.1) is 0 Å². The Morgan fingerprint density at radius 3 is 2.33 bits per heavy atom. The van der Waals surface area contributed by atoms with Gasteiger partial charge in [-0.2, -0.15) is 0 Å². The number of amides is 1. The number of carbonyl (C=O) groups is 1. The molecule has 1 aliphatic rings. The number of carbonyl (C=O) groups excluding carboxylic acids is 1. The molecule has 0 radical (unpaired) electrons. The summed E-state index contributed by atoms with van der Waals surface area (Å²) in [4.78, 5) is 43.4. The summed E-state index contributed by atoms with van der Waals surface area (Å²) < 4.78 is 7.15. The van der Waals surface area contributed by atoms with Crippen molar-refractivity contribution in [1.29, 1.82) is 0 Å². The average Bonchev–Trinajstić information content (AvgIpc) is 2.89. The predicted molar refractivity (Wildman–Crippen MR) is 114 cm³/mol. The first-order chi connectivity index (χ1) is 14.6. The summed E-state index contributed by atoms with van der Waals surface area (Å²) in [7, 11) is 1.55. The van der Waals surface area contributed by atoms with Gasteiger partial charge in [0.25, 0.3) is 5.56 Å². The quantitative estimate of drug-likeness (QED) is 0.702. The molecule has 1 aliphatic heterocycles. The van der Waals surface area contributed by atoms with Crippen LogP contribution in [0.25, 0.3) is 0 Å². The van der Waals surface area contributed by atoms with Gasteiger partial charge in [-0.3, -0.25) is 19.1 Å². The fourth-order valence-corrected chi connectivity index (χ4v) is 3.54. The smallest absolute Gasteiger partial charge is 0.331 e. The highest BCUT2D eigenvalue weighted by atomic mass is 16.5. The van der Waals surface area contributed by atoms with E-state index in [9.17, 15) is 14.4 Å². The van der Waals surface area contributed by atoms with E-state index < -0.39 is 11.2 Å². The van der Waals surface area contributed by atoms with Crippen molar-refractivity contribution in [3.05, 3.63) is 87.1 Å². The summed E-state index contributed by atoms with van der Waals surface area (Å²) in [6.45, 7) is 0.571. The number of aromatic amines is 1. The molecule has 0 bridgehead atoms. The zero-order valence-electron chi connectivity index (χ0n) is 16.6. The van der Waals surface area contributed by atoms with Crippen molar-refractivity contribution in [2.45, 2.75) is 19.8 Å². The standard InChI is InChI=1S/C22H22N4O4/c1-24-18(27)12-13-25(17-10-6-3-7-11-17)21-19(24)20(28)23-22(29)26(21)15-30-14-16-8-4-2-5-9-16/h2-11H,12-15H2,1H3,(H,23,28,29). The average molecular weight is 406 g/mol. The molecule has 154 valence electrons. The van der Waals surface area contributed by atoms with Crippen molar-refractivity contribution in [3.8, 4) is 0 Å². The third-order valence-corrected chi connectivity index (χ3v) is 5.06. The minimum absolute atomic E-state index is 0.0712. The molecule has 8 nitrogen and oxygen atoms in total. The Hall–Kier alpha value is -3.65. The van der Waals surface area contributed by atoms with Crippen LogP contribution in [-0.2, 0) is 22.9 Å². The molecule has 8 heteroatoms. The van der Waals surface area contributed by atoms with Gasteiger partial charge in [-0.05, 0) is 17.7 Å². The third kappa shape index (κ3) is 3.77. The summed E-state index contributed by atoms with van der Waals surface area (Å²) in [5, 5.41) is 0. The van der Waals surface area contributed by atoms with Gasteiger partial charge in [-0.25, -0.2) is 4.79 Å². The van der Waals surface area contributed by atoms with Crippen LogP contribution in [0.3, 0.4) is 0 Å². The van der Waals surface area contributed by atoms with E-state index in [0.717, 1.165) is 11.3 Å². The topological polar surface area (TPSA) is 87.6 Å². The van der Waals surface area contributed by atoms with Crippen LogP contribution in [0.4, 0.5) is 17.2 Å². The monoisotopic (exact) mass is 406 g/mol. The normalized spacial score (nSPS) is 13.8. The molecule has 0 spiro atoms. The molecule has 0 unspecified atom stereocenters. The Labute approximate surface area is 172 Å². The summed E-state index contributed by atoms with van der Waals surface area (Å²) >= 11 is 0. The summed E-state index contributed by atoms with van der Waals surface area (Å²) in [6, 6.07) is 19.0. The number of rotatable bonds is 5. The van der Waals surface area contributed by atoms with Gasteiger partial charge in [0.2, 0.25) is 5.91 Å². The van der Waals surface area contributed by atoms with Crippen LogP contribution in [0.5, 0.6) is 0 Å². The number of hydrogen-bond donors (Lipinski definition) is 1. The van der Waals surface area contributed by atoms with E-state index in [4.69, 9.17) is 4.74 Å². The molecule has 30 heavy (non-hydrogen) atoms. The van der Waals surface area contributed by atoms with Crippen molar-refractivity contribution < 1.29 is 9.53 Å². The minimum Gasteiger partial charge on any atom is -0.356 e. The second-order valence-electron chi connectivity index (χ2n) is 7.01. The van der Waals surface area contributed by atoms with Crippen LogP contribution in [0, 0.1) is 0 Å². The van der Waals surface area contributed by atoms with Crippen molar-refractivity contribution >= 4 is 23.1 Å². The number of fused-ring (bicyclic) bond motifs is 1. The fraction of sp³-hybridized carbons (Fsp3) is 0.227. The zero-order valence-corrected chi connectivity index (χ0v) is 16.6. The van der Waals surface area contributed by atoms with Crippen LogP contribution in [-0.4, -0.2) is 29.1 Å². The molecular formula is C22H22N4O4. The van der Waals surface area contributed by atoms with E-state index in [-0.39, 0.29) is 24.7 Å². The fourth-order valence-electron chi connectivity index (χ4n) is 3.54. The molecule has 0 saturated heterocycles. The molecule has 2 heterocycles. The molecule has 4 rings (SSSR count). The number of nitrogens with one attached hydrogen (secondary N) is 1. The van der Waals surface area contributed by atoms with Crippen molar-refractivity contribution in [2.24, 2.45) is 0 Å². The van der Waals surface area contributed by atoms with Crippen LogP contribution < -0.4 is 21.0 Å². The van der Waals surface area contributed by atoms with E-state index >= 15 is 0 Å². The molecule has 1 aromatic heterocycles. The molecule has 0 saturated carbocycles. The zero-order chi connectivity index (χ0) is 21.1. The van der Waals surface area contributed by atoms with Gasteiger partial charge >= 0.3 is 5.69 Å². The molecule has 3 aromatic rings. The maximum atomic E-state index is 12.7. The van der Waals surface area contributed by atoms with Gasteiger partial charge in [0.15, 0.2) is 5.69 Å². The Kier molecular flexibility index (Phi) is 5.49. The second-order valence-corrected chi connectivity index (χ2v) is 7.01. The van der Waals surface area contributed by atoms with E-state index in [2.05, 4.69) is 4.98 Å². The number of anilines is 3. The maximum absolute atomic E-state index is 12.7. The Bertz CT molecular complexity index is 1160. The molecule has 2 aromatic carbocycles. The Balaban J connectivity index is 1.80. The summed E-state index contributed by atoms with van der Waals surface area (Å²) in [6.07, 6.45) is 0.207. The lowest BCUT2D eigenvalue weighted by Gasteiger charge is -2.27. The van der Waals surface area contributed by atoms with E-state index in [0.29, 0.717) is 19.0 Å². The highest BCUT2D eigenvalue weighted by molar-refractivity contribution is 5.98. The number of benzene rings is 2. The van der Waals surface area contributed by atoms with Gasteiger partial charge in [0.05, 0.1) is 6.61 Å². The van der Waals surface area contributed by atoms with E-state index in [1.54, 1.807) is 7.05 Å². The number of aromatic nitrogens is 2. The van der Waals surface area contributed by atoms with Crippen LogP contribution in [0.1, 0.15) is 12.0 Å². The lowest BCUT2D eigenvalue weighted by molar-refractivity contribution is -0.118. The first-order valence-corrected chi connectivity index (χ1v) is 9.64. The molecule has 1 N–H and O–H groups in total. The first kappa shape index (κ1) is 19.7. The Morgan fingerprint density at radius 2 is 1.63 bits per heavy atom. The number of ether oxygens (including phenoxy) is 1. The van der Waals surface area contributed by atoms with Crippen molar-refractivity contribution in [3.63, 3.8) is 0 Å². The van der Waals surface area contributed by atoms with Crippen LogP contribution in [0.2, 0.25) is 0 Å². The molecule has 0 atom stereocenters. The van der Waals surface area contributed by atoms with Gasteiger partial charge in [0.1, 0.15) is 12.5 Å². The van der Waals surface area contributed by atoms with E-state index in [1.165, 1.54) is 9.47 Å². The van der Waals surface area contributed by atoms with E-state index in [1.807, 2.05) is 65.6 Å². The van der Waals surface area contributed by atoms with Gasteiger partial charge in [-0.1, -0.05) is 48.5 Å². The van der Waals surface area contributed by atoms with Gasteiger partial charge in [0, 0.05) is 25.7 Å². The number of H-pyrrole nitrogens is 1. The molecule has 1 amide bonds. The first-order valence-electron chi connectivity index (χ1n) is 9.64. The molecular weight excluding hydrogens is 384 g/mol. The lowest BCUT2D eigenvalue weighted by atomic mass is 10.2. The SMILES string of the molecule is CN1C(=O)CCN(c2ccccc2)c2c1c(=O)[nH]c(=O)n2COCc1ccccc1. The largest absolute Gasteiger partial charge is 0.356 e. The van der Waals surface area contributed by atoms with Crippen molar-refractivity contribution in [2.75, 3.05) is 23.4 Å². The molecule has 0 fully saturated rings. The number of para-hydroxylation sites is 1. The van der Waals surface area contributed by atoms with Gasteiger partial charge < -0.3 is 14.5 Å². The lowest BCUT2D eigenvalue weighted by Crippen LogP contribution is -2.39. The highest BCUT2D eigenvalue weighted by Gasteiger charge is 2.30. The summed E-state index contributed by atoms with van der Waals surface area (Å²) in [5.74, 6) is 0.145. The predicted octanol–water partition coefficient (Wildman–Crippen LogP) is 2.22. The number of nitrogens with zero attached hydrogens (tertiary/aromatic N) is 3. The number of hydrogen-bond acceptors (Lipinski definition) is 5. The van der Waals surface area contributed by atoms with Crippen molar-refractivity contribution in [1.82, 2.24) is 9.55 Å². The third-order valence-electron chi connectivity index (χ3n) is 5.06. The second kappa shape index (κ2) is 8.38. The highest BCUT2D eigenvalue weighted by Crippen LogP contribution is 2.33.